The number of benzene rings is 1. The summed E-state index contributed by atoms with van der Waals surface area (Å²) in [5.41, 5.74) is 0.781. The summed E-state index contributed by atoms with van der Waals surface area (Å²) in [5.74, 6) is -0.0494. The molecule has 2 fully saturated rings. The molecule has 1 aromatic carbocycles. The molecule has 2 N–H and O–H groups in total. The normalized spacial score (nSPS) is 21.5. The smallest absolute Gasteiger partial charge is 0.277 e. The molecule has 2 aliphatic heterocycles. The van der Waals surface area contributed by atoms with E-state index in [4.69, 9.17) is 28.3 Å². The average molecular weight is 472 g/mol. The Labute approximate surface area is 182 Å². The molecule has 0 spiro atoms. The largest absolute Gasteiger partial charge is 0.335 e. The van der Waals surface area contributed by atoms with Crippen molar-refractivity contribution in [2.24, 2.45) is 5.14 Å². The lowest BCUT2D eigenvalue weighted by molar-refractivity contribution is -0.135. The molecular formula is C17H25Cl3N4O3S. The molecule has 2 saturated heterocycles. The van der Waals surface area contributed by atoms with E-state index in [0.717, 1.165) is 31.5 Å². The third-order valence-corrected chi connectivity index (χ3v) is 6.92. The molecule has 0 aliphatic carbocycles. The second kappa shape index (κ2) is 9.93. The Bertz CT molecular complexity index is 803. The van der Waals surface area contributed by atoms with Gasteiger partial charge in [0.05, 0.1) is 22.5 Å². The van der Waals surface area contributed by atoms with Crippen molar-refractivity contribution in [3.63, 3.8) is 0 Å². The van der Waals surface area contributed by atoms with Gasteiger partial charge in [-0.3, -0.25) is 4.79 Å². The number of amides is 1. The van der Waals surface area contributed by atoms with Gasteiger partial charge in [-0.15, -0.1) is 12.4 Å². The molecule has 0 radical (unpaired) electrons. The maximum atomic E-state index is 12.9. The van der Waals surface area contributed by atoms with E-state index in [2.05, 4.69) is 4.90 Å². The van der Waals surface area contributed by atoms with Gasteiger partial charge < -0.3 is 9.80 Å². The van der Waals surface area contributed by atoms with Crippen molar-refractivity contribution in [3.05, 3.63) is 33.8 Å². The molecule has 1 amide bonds. The molecule has 0 aromatic heterocycles. The Morgan fingerprint density at radius 2 is 1.79 bits per heavy atom. The molecule has 2 aliphatic rings. The van der Waals surface area contributed by atoms with Crippen LogP contribution in [0, 0.1) is 0 Å². The number of halogens is 3. The predicted octanol–water partition coefficient (Wildman–Crippen LogP) is 1.77. The van der Waals surface area contributed by atoms with Crippen molar-refractivity contribution in [1.29, 1.82) is 0 Å². The van der Waals surface area contributed by atoms with Gasteiger partial charge in [0.1, 0.15) is 0 Å². The van der Waals surface area contributed by atoms with Crippen molar-refractivity contribution < 1.29 is 13.2 Å². The van der Waals surface area contributed by atoms with Crippen molar-refractivity contribution in [2.75, 3.05) is 39.3 Å². The zero-order valence-electron chi connectivity index (χ0n) is 15.4. The van der Waals surface area contributed by atoms with Crippen LogP contribution in [0.1, 0.15) is 18.4 Å². The summed E-state index contributed by atoms with van der Waals surface area (Å²) in [6.45, 7) is 3.36. The topological polar surface area (TPSA) is 87.0 Å². The summed E-state index contributed by atoms with van der Waals surface area (Å²) in [4.78, 5) is 17.0. The van der Waals surface area contributed by atoms with Crippen LogP contribution in [0.4, 0.5) is 0 Å². The van der Waals surface area contributed by atoms with Gasteiger partial charge in [-0.1, -0.05) is 29.3 Å². The molecule has 0 saturated carbocycles. The Morgan fingerprint density at radius 3 is 2.39 bits per heavy atom. The van der Waals surface area contributed by atoms with Crippen LogP contribution in [-0.2, 0) is 21.4 Å². The summed E-state index contributed by atoms with van der Waals surface area (Å²) in [7, 11) is -3.77. The van der Waals surface area contributed by atoms with Gasteiger partial charge >= 0.3 is 0 Å². The monoisotopic (exact) mass is 470 g/mol. The molecule has 1 aromatic rings. The summed E-state index contributed by atoms with van der Waals surface area (Å²) in [6.07, 6.45) is 2.45. The minimum atomic E-state index is -3.77. The quantitative estimate of drug-likeness (QED) is 0.709. The molecule has 1 atom stereocenters. The van der Waals surface area contributed by atoms with Crippen LogP contribution < -0.4 is 5.14 Å². The van der Waals surface area contributed by atoms with Gasteiger partial charge in [0, 0.05) is 26.2 Å². The van der Waals surface area contributed by atoms with Crippen molar-refractivity contribution in [2.45, 2.75) is 25.3 Å². The lowest BCUT2D eigenvalue weighted by Crippen LogP contribution is -2.60. The first-order valence-electron chi connectivity index (χ1n) is 8.97. The maximum absolute atomic E-state index is 12.9. The Hall–Kier alpha value is -0.610. The first-order valence-corrected chi connectivity index (χ1v) is 11.2. The second-order valence-electron chi connectivity index (χ2n) is 7.08. The molecule has 7 nitrogen and oxygen atoms in total. The highest BCUT2D eigenvalue weighted by molar-refractivity contribution is 7.86. The number of nitrogens with two attached hydrogens (primary N) is 1. The molecule has 0 unspecified atom stereocenters. The standard InChI is InChI=1S/C17H24Cl2N4O3S.ClH/c18-15-4-3-13(9-16(15)19)10-17(24)23-8-7-22(27(20,25)26)12-14(23)11-21-5-1-2-6-21;/h3-4,9,14H,1-2,5-8,10-12H2,(H2,20,25,26);1H/t14-;/m1./s1. The summed E-state index contributed by atoms with van der Waals surface area (Å²) >= 11 is 12.0. The first kappa shape index (κ1) is 23.7. The van der Waals surface area contributed by atoms with E-state index < -0.39 is 10.2 Å². The maximum Gasteiger partial charge on any atom is 0.277 e. The number of carbonyl (C=O) groups excluding carboxylic acids is 1. The minimum absolute atomic E-state index is 0. The number of rotatable bonds is 5. The highest BCUT2D eigenvalue weighted by Crippen LogP contribution is 2.24. The van der Waals surface area contributed by atoms with Crippen molar-refractivity contribution >= 4 is 51.7 Å². The zero-order chi connectivity index (χ0) is 19.6. The number of likely N-dealkylation sites (tertiary alicyclic amines) is 1. The average Bonchev–Trinajstić information content (AvgIpc) is 3.10. The van der Waals surface area contributed by atoms with Crippen LogP contribution >= 0.6 is 35.6 Å². The van der Waals surface area contributed by atoms with Gasteiger partial charge in [0.25, 0.3) is 10.2 Å². The number of piperazine rings is 1. The van der Waals surface area contributed by atoms with Gasteiger partial charge in [-0.25, -0.2) is 5.14 Å². The Kier molecular flexibility index (Phi) is 8.39. The molecule has 28 heavy (non-hydrogen) atoms. The molecule has 0 bridgehead atoms. The van der Waals surface area contributed by atoms with Crippen molar-refractivity contribution in [3.8, 4) is 0 Å². The minimum Gasteiger partial charge on any atom is -0.335 e. The third kappa shape index (κ3) is 5.95. The van der Waals surface area contributed by atoms with Crippen LogP contribution in [-0.4, -0.2) is 73.7 Å². The Morgan fingerprint density at radius 1 is 1.11 bits per heavy atom. The molecule has 2 heterocycles. The summed E-state index contributed by atoms with van der Waals surface area (Å²) in [6, 6.07) is 4.93. The van der Waals surface area contributed by atoms with Gasteiger partial charge in [-0.2, -0.15) is 12.7 Å². The van der Waals surface area contributed by atoms with E-state index >= 15 is 0 Å². The highest BCUT2D eigenvalue weighted by atomic mass is 35.5. The van der Waals surface area contributed by atoms with Crippen LogP contribution in [0.5, 0.6) is 0 Å². The number of nitrogens with zero attached hydrogens (tertiary/aromatic N) is 3. The van der Waals surface area contributed by atoms with E-state index in [-0.39, 0.29) is 43.9 Å². The fraction of sp³-hybridized carbons (Fsp3) is 0.588. The van der Waals surface area contributed by atoms with Gasteiger partial charge in [0.15, 0.2) is 0 Å². The number of hydrogen-bond donors (Lipinski definition) is 1. The van der Waals surface area contributed by atoms with Gasteiger partial charge in [-0.05, 0) is 43.6 Å². The van der Waals surface area contributed by atoms with Crippen LogP contribution in [0.2, 0.25) is 10.0 Å². The second-order valence-corrected chi connectivity index (χ2v) is 9.44. The van der Waals surface area contributed by atoms with Crippen LogP contribution in [0.3, 0.4) is 0 Å². The molecule has 158 valence electrons. The lowest BCUT2D eigenvalue weighted by Gasteiger charge is -2.41. The fourth-order valence-electron chi connectivity index (χ4n) is 3.73. The first-order chi connectivity index (χ1) is 12.7. The van der Waals surface area contributed by atoms with E-state index in [9.17, 15) is 13.2 Å². The summed E-state index contributed by atoms with van der Waals surface area (Å²) < 4.78 is 24.8. The fourth-order valence-corrected chi connectivity index (χ4v) is 4.77. The van der Waals surface area contributed by atoms with Crippen LogP contribution in [0.15, 0.2) is 18.2 Å². The number of carbonyl (C=O) groups is 1. The van der Waals surface area contributed by atoms with Crippen molar-refractivity contribution in [1.82, 2.24) is 14.1 Å². The summed E-state index contributed by atoms with van der Waals surface area (Å²) in [5, 5.41) is 6.17. The van der Waals surface area contributed by atoms with E-state index in [1.807, 2.05) is 0 Å². The Balaban J connectivity index is 0.00000280. The number of hydrogen-bond acceptors (Lipinski definition) is 4. The predicted molar refractivity (Wildman–Crippen MR) is 113 cm³/mol. The van der Waals surface area contributed by atoms with Gasteiger partial charge in [0.2, 0.25) is 5.91 Å². The zero-order valence-corrected chi connectivity index (χ0v) is 18.5. The molecule has 11 heteroatoms. The molecular weight excluding hydrogens is 447 g/mol. The lowest BCUT2D eigenvalue weighted by atomic mass is 10.1. The third-order valence-electron chi connectivity index (χ3n) is 5.13. The van der Waals surface area contributed by atoms with E-state index in [1.54, 1.807) is 23.1 Å². The van der Waals surface area contributed by atoms with E-state index in [1.165, 1.54) is 4.31 Å². The van der Waals surface area contributed by atoms with Crippen LogP contribution in [0.25, 0.3) is 0 Å². The van der Waals surface area contributed by atoms with E-state index in [0.29, 0.717) is 23.1 Å². The SMILES string of the molecule is Cl.NS(=O)(=O)N1CCN(C(=O)Cc2ccc(Cl)c(Cl)c2)[C@H](CN2CCCC2)C1. The molecule has 3 rings (SSSR count). The highest BCUT2D eigenvalue weighted by Gasteiger charge is 2.35.